The van der Waals surface area contributed by atoms with Gasteiger partial charge in [-0.05, 0) is 57.2 Å². The van der Waals surface area contributed by atoms with E-state index in [1.807, 2.05) is 13.8 Å². The number of fused-ring (bicyclic) bond motifs is 1. The highest BCUT2D eigenvalue weighted by Gasteiger charge is 2.30. The third-order valence-electron chi connectivity index (χ3n) is 5.51. The summed E-state index contributed by atoms with van der Waals surface area (Å²) in [7, 11) is 0. The Balaban J connectivity index is 1.46. The normalized spacial score (nSPS) is 15.5. The standard InChI is InChI=1S/C24H23ClN4O4/c1-14-12-21(30)26-19-6-4-5-7-20(19)28(14)22(31)13-33-24(32)17-8-10-18(11-9-17)29-16(3)23(25)15(2)27-29/h4-11,14H,12-13H2,1-3H3,(H,26,30). The van der Waals surface area contributed by atoms with Crippen molar-refractivity contribution in [3.63, 3.8) is 0 Å². The van der Waals surface area contributed by atoms with Crippen LogP contribution in [0.3, 0.4) is 0 Å². The summed E-state index contributed by atoms with van der Waals surface area (Å²) in [6, 6.07) is 13.4. The minimum atomic E-state index is -0.619. The minimum Gasteiger partial charge on any atom is -0.452 e. The molecule has 0 saturated carbocycles. The van der Waals surface area contributed by atoms with E-state index in [0.717, 1.165) is 17.1 Å². The fourth-order valence-corrected chi connectivity index (χ4v) is 3.98. The van der Waals surface area contributed by atoms with Gasteiger partial charge in [0.15, 0.2) is 6.61 Å². The van der Waals surface area contributed by atoms with Crippen LogP contribution in [0.15, 0.2) is 48.5 Å². The van der Waals surface area contributed by atoms with Crippen LogP contribution in [0, 0.1) is 13.8 Å². The molecule has 3 aromatic rings. The Morgan fingerprint density at radius 2 is 1.85 bits per heavy atom. The number of benzene rings is 2. The van der Waals surface area contributed by atoms with Crippen LogP contribution in [0.1, 0.15) is 35.1 Å². The number of amides is 2. The molecule has 0 bridgehead atoms. The Bertz CT molecular complexity index is 1240. The molecular weight excluding hydrogens is 444 g/mol. The van der Waals surface area contributed by atoms with E-state index in [-0.39, 0.29) is 18.4 Å². The zero-order chi connectivity index (χ0) is 23.7. The van der Waals surface area contributed by atoms with Gasteiger partial charge in [-0.1, -0.05) is 23.7 Å². The number of hydrogen-bond acceptors (Lipinski definition) is 5. The zero-order valence-corrected chi connectivity index (χ0v) is 19.2. The number of carbonyl (C=O) groups excluding carboxylic acids is 3. The predicted molar refractivity (Wildman–Crippen MR) is 125 cm³/mol. The van der Waals surface area contributed by atoms with Crippen LogP contribution in [0.4, 0.5) is 11.4 Å². The van der Waals surface area contributed by atoms with E-state index in [4.69, 9.17) is 16.3 Å². The minimum absolute atomic E-state index is 0.145. The van der Waals surface area contributed by atoms with E-state index in [1.165, 1.54) is 4.90 Å². The maximum Gasteiger partial charge on any atom is 0.338 e. The number of halogens is 1. The van der Waals surface area contributed by atoms with Gasteiger partial charge < -0.3 is 15.0 Å². The molecule has 1 unspecified atom stereocenters. The number of esters is 1. The summed E-state index contributed by atoms with van der Waals surface area (Å²) >= 11 is 6.21. The van der Waals surface area contributed by atoms with Crippen molar-refractivity contribution in [3.05, 3.63) is 70.5 Å². The van der Waals surface area contributed by atoms with Gasteiger partial charge in [-0.15, -0.1) is 0 Å². The molecule has 1 aliphatic rings. The molecular formula is C24H23ClN4O4. The fraction of sp³-hybridized carbons (Fsp3) is 0.250. The molecule has 0 aliphatic carbocycles. The third kappa shape index (κ3) is 4.47. The van der Waals surface area contributed by atoms with Crippen LogP contribution in [0.2, 0.25) is 5.02 Å². The van der Waals surface area contributed by atoms with Gasteiger partial charge in [0, 0.05) is 12.5 Å². The first-order valence-corrected chi connectivity index (χ1v) is 10.8. The van der Waals surface area contributed by atoms with Crippen molar-refractivity contribution in [2.24, 2.45) is 0 Å². The van der Waals surface area contributed by atoms with E-state index < -0.39 is 18.5 Å². The maximum absolute atomic E-state index is 13.0. The van der Waals surface area contributed by atoms with Crippen molar-refractivity contribution >= 4 is 40.8 Å². The first kappa shape index (κ1) is 22.5. The lowest BCUT2D eigenvalue weighted by Crippen LogP contribution is -2.41. The van der Waals surface area contributed by atoms with Crippen LogP contribution < -0.4 is 10.2 Å². The summed E-state index contributed by atoms with van der Waals surface area (Å²) < 4.78 is 6.99. The van der Waals surface area contributed by atoms with Gasteiger partial charge in [0.25, 0.3) is 5.91 Å². The van der Waals surface area contributed by atoms with E-state index in [1.54, 1.807) is 60.1 Å². The Kier molecular flexibility index (Phi) is 6.20. The summed E-state index contributed by atoms with van der Waals surface area (Å²) in [5, 5.41) is 7.79. The lowest BCUT2D eigenvalue weighted by molar-refractivity contribution is -0.122. The molecule has 8 nitrogen and oxygen atoms in total. The predicted octanol–water partition coefficient (Wildman–Crippen LogP) is 4.06. The maximum atomic E-state index is 13.0. The molecule has 0 spiro atoms. The van der Waals surface area contributed by atoms with Crippen molar-refractivity contribution < 1.29 is 19.1 Å². The lowest BCUT2D eigenvalue weighted by atomic mass is 10.1. The van der Waals surface area contributed by atoms with Gasteiger partial charge in [0.2, 0.25) is 5.91 Å². The van der Waals surface area contributed by atoms with Crippen LogP contribution in [0.5, 0.6) is 0 Å². The Morgan fingerprint density at radius 1 is 1.15 bits per heavy atom. The number of nitrogens with zero attached hydrogens (tertiary/aromatic N) is 3. The number of hydrogen-bond donors (Lipinski definition) is 1. The largest absolute Gasteiger partial charge is 0.452 e. The summed E-state index contributed by atoms with van der Waals surface area (Å²) in [5.41, 5.74) is 3.70. The quantitative estimate of drug-likeness (QED) is 0.585. The van der Waals surface area contributed by atoms with E-state index in [2.05, 4.69) is 10.4 Å². The van der Waals surface area contributed by atoms with Gasteiger partial charge in [0.05, 0.1) is 39.0 Å². The second kappa shape index (κ2) is 9.07. The molecule has 0 radical (unpaired) electrons. The second-order valence-corrected chi connectivity index (χ2v) is 8.28. The van der Waals surface area contributed by atoms with Crippen LogP contribution in [-0.2, 0) is 14.3 Å². The summed E-state index contributed by atoms with van der Waals surface area (Å²) in [4.78, 5) is 39.1. The SMILES string of the molecule is Cc1nn(-c2ccc(C(=O)OCC(=O)N3c4ccccc4NC(=O)CC3C)cc2)c(C)c1Cl. The van der Waals surface area contributed by atoms with Crippen molar-refractivity contribution in [1.82, 2.24) is 9.78 Å². The van der Waals surface area contributed by atoms with Gasteiger partial charge >= 0.3 is 5.97 Å². The molecule has 170 valence electrons. The first-order chi connectivity index (χ1) is 15.8. The van der Waals surface area contributed by atoms with Crippen molar-refractivity contribution in [1.29, 1.82) is 0 Å². The smallest absolute Gasteiger partial charge is 0.338 e. The number of carbonyl (C=O) groups is 3. The molecule has 1 aliphatic heterocycles. The van der Waals surface area contributed by atoms with Gasteiger partial charge in [-0.3, -0.25) is 9.59 Å². The molecule has 1 N–H and O–H groups in total. The topological polar surface area (TPSA) is 93.5 Å². The van der Waals surface area contributed by atoms with Crippen molar-refractivity contribution in [2.75, 3.05) is 16.8 Å². The highest BCUT2D eigenvalue weighted by Crippen LogP contribution is 2.31. The average molecular weight is 467 g/mol. The summed E-state index contributed by atoms with van der Waals surface area (Å²) in [6.45, 7) is 5.02. The Hall–Kier alpha value is -3.65. The number of aryl methyl sites for hydroxylation is 1. The second-order valence-electron chi connectivity index (χ2n) is 7.90. The Labute approximate surface area is 196 Å². The molecule has 2 aromatic carbocycles. The molecule has 1 atom stereocenters. The Morgan fingerprint density at radius 3 is 2.52 bits per heavy atom. The lowest BCUT2D eigenvalue weighted by Gasteiger charge is -2.27. The molecule has 2 heterocycles. The zero-order valence-electron chi connectivity index (χ0n) is 18.5. The van der Waals surface area contributed by atoms with E-state index >= 15 is 0 Å². The molecule has 2 amide bonds. The number of para-hydroxylation sites is 2. The number of ether oxygens (including phenoxy) is 1. The third-order valence-corrected chi connectivity index (χ3v) is 6.05. The van der Waals surface area contributed by atoms with Crippen LogP contribution in [0.25, 0.3) is 5.69 Å². The van der Waals surface area contributed by atoms with Crippen LogP contribution >= 0.6 is 11.6 Å². The monoisotopic (exact) mass is 466 g/mol. The number of nitrogens with one attached hydrogen (secondary N) is 1. The van der Waals surface area contributed by atoms with Crippen molar-refractivity contribution in [3.8, 4) is 5.69 Å². The average Bonchev–Trinajstić information content (AvgIpc) is 2.97. The highest BCUT2D eigenvalue weighted by atomic mass is 35.5. The molecule has 0 fully saturated rings. The van der Waals surface area contributed by atoms with Gasteiger partial charge in [0.1, 0.15) is 0 Å². The summed E-state index contributed by atoms with van der Waals surface area (Å²) in [6.07, 6.45) is 0.145. The molecule has 0 saturated heterocycles. The van der Waals surface area contributed by atoms with Crippen LogP contribution in [-0.4, -0.2) is 40.2 Å². The number of rotatable bonds is 4. The summed E-state index contributed by atoms with van der Waals surface area (Å²) in [5.74, 6) is -1.20. The van der Waals surface area contributed by atoms with E-state index in [0.29, 0.717) is 22.0 Å². The van der Waals surface area contributed by atoms with Gasteiger partial charge in [-0.25, -0.2) is 9.48 Å². The molecule has 1 aromatic heterocycles. The number of anilines is 2. The van der Waals surface area contributed by atoms with Crippen molar-refractivity contribution in [2.45, 2.75) is 33.2 Å². The molecule has 33 heavy (non-hydrogen) atoms. The first-order valence-electron chi connectivity index (χ1n) is 10.5. The number of aromatic nitrogens is 2. The highest BCUT2D eigenvalue weighted by molar-refractivity contribution is 6.31. The van der Waals surface area contributed by atoms with Gasteiger partial charge in [-0.2, -0.15) is 5.10 Å². The fourth-order valence-electron chi connectivity index (χ4n) is 3.86. The molecule has 4 rings (SSSR count). The molecule has 9 heteroatoms. The van der Waals surface area contributed by atoms with E-state index in [9.17, 15) is 14.4 Å².